The Morgan fingerprint density at radius 2 is 1.46 bits per heavy atom. The molecule has 0 bridgehead atoms. The van der Waals surface area contributed by atoms with E-state index in [0.29, 0.717) is 49.1 Å². The van der Waals surface area contributed by atoms with E-state index in [9.17, 15) is 9.59 Å². The fraction of sp³-hybridized carbons (Fsp3) is 0.471. The molecule has 0 N–H and O–H groups in total. The molecular weight excluding hydrogens is 538 g/mol. The number of ether oxygens (including phenoxy) is 3. The molecule has 0 radical (unpaired) electrons. The first kappa shape index (κ1) is 29.4. The van der Waals surface area contributed by atoms with Crippen LogP contribution in [0.2, 0.25) is 5.02 Å². The van der Waals surface area contributed by atoms with Gasteiger partial charge in [-0.15, -0.1) is 0 Å². The molecular formula is C34H40ClNO5. The van der Waals surface area contributed by atoms with Gasteiger partial charge in [0.05, 0.1) is 13.7 Å². The number of benzene rings is 2. The van der Waals surface area contributed by atoms with Crippen molar-refractivity contribution in [3.05, 3.63) is 81.2 Å². The van der Waals surface area contributed by atoms with E-state index in [4.69, 9.17) is 25.8 Å². The van der Waals surface area contributed by atoms with E-state index in [1.165, 1.54) is 0 Å². The molecule has 41 heavy (non-hydrogen) atoms. The van der Waals surface area contributed by atoms with Crippen molar-refractivity contribution < 1.29 is 23.8 Å². The molecule has 2 aromatic carbocycles. The lowest BCUT2D eigenvalue weighted by Crippen LogP contribution is -2.45. The fourth-order valence-electron chi connectivity index (χ4n) is 6.59. The predicted molar refractivity (Wildman–Crippen MR) is 160 cm³/mol. The number of hydrogen-bond donors (Lipinski definition) is 0. The summed E-state index contributed by atoms with van der Waals surface area (Å²) >= 11 is 6.33. The van der Waals surface area contributed by atoms with Crippen molar-refractivity contribution in [1.82, 2.24) is 4.90 Å². The average Bonchev–Trinajstić information content (AvgIpc) is 2.90. The van der Waals surface area contributed by atoms with Crippen LogP contribution >= 0.6 is 11.6 Å². The van der Waals surface area contributed by atoms with E-state index < -0.39 is 5.92 Å². The molecule has 0 aromatic heterocycles. The Labute approximate surface area is 248 Å². The minimum atomic E-state index is -0.447. The number of halogens is 1. The minimum Gasteiger partial charge on any atom is -0.493 e. The second kappa shape index (κ2) is 11.3. The molecule has 0 saturated heterocycles. The van der Waals surface area contributed by atoms with E-state index in [0.717, 1.165) is 46.5 Å². The normalized spacial score (nSPS) is 20.2. The zero-order chi connectivity index (χ0) is 29.5. The Hall–Kier alpha value is -3.09. The Kier molecular flexibility index (Phi) is 8.10. The standard InChI is InChI=1S/C34H40ClNO5/c1-33(2)16-24-31(26(37)18-33)30(32-25(36(24)13-14-39-5)17-34(3,4)19-27(32)38)21-11-12-28(29(15-21)40-6)41-20-22-9-7-8-10-23(22)35/h7-12,15,30H,13-14,16-20H2,1-6H3. The first-order chi connectivity index (χ1) is 19.4. The maximum atomic E-state index is 14.0. The van der Waals surface area contributed by atoms with Gasteiger partial charge < -0.3 is 19.1 Å². The molecule has 218 valence electrons. The third kappa shape index (κ3) is 5.82. The van der Waals surface area contributed by atoms with Gasteiger partial charge >= 0.3 is 0 Å². The number of Topliss-reactive ketones (excluding diaryl/α,β-unsaturated/α-hetero) is 2. The molecule has 5 rings (SSSR count). The lowest BCUT2D eigenvalue weighted by Gasteiger charge is -2.49. The molecule has 1 aliphatic heterocycles. The number of methoxy groups -OCH3 is 2. The van der Waals surface area contributed by atoms with Crippen molar-refractivity contribution >= 4 is 23.2 Å². The Balaban J connectivity index is 1.62. The molecule has 7 heteroatoms. The number of carbonyl (C=O) groups is 2. The molecule has 0 unspecified atom stereocenters. The van der Waals surface area contributed by atoms with Crippen LogP contribution in [-0.2, 0) is 20.9 Å². The zero-order valence-electron chi connectivity index (χ0n) is 24.9. The Morgan fingerprint density at radius 3 is 2.02 bits per heavy atom. The van der Waals surface area contributed by atoms with Gasteiger partial charge in [-0.05, 0) is 47.4 Å². The minimum absolute atomic E-state index is 0.103. The highest BCUT2D eigenvalue weighted by molar-refractivity contribution is 6.31. The summed E-state index contributed by atoms with van der Waals surface area (Å²) in [5.41, 5.74) is 4.90. The number of rotatable bonds is 8. The summed E-state index contributed by atoms with van der Waals surface area (Å²) < 4.78 is 17.4. The first-order valence-electron chi connectivity index (χ1n) is 14.3. The molecule has 2 aliphatic carbocycles. The highest BCUT2D eigenvalue weighted by Crippen LogP contribution is 2.54. The van der Waals surface area contributed by atoms with Crippen LogP contribution in [0.3, 0.4) is 0 Å². The van der Waals surface area contributed by atoms with Gasteiger partial charge in [-0.3, -0.25) is 9.59 Å². The third-order valence-electron chi connectivity index (χ3n) is 8.40. The zero-order valence-corrected chi connectivity index (χ0v) is 25.7. The van der Waals surface area contributed by atoms with Crippen molar-refractivity contribution in [3.8, 4) is 11.5 Å². The van der Waals surface area contributed by atoms with Crippen LogP contribution in [0.1, 0.15) is 70.4 Å². The maximum absolute atomic E-state index is 14.0. The summed E-state index contributed by atoms with van der Waals surface area (Å²) in [6.45, 7) is 9.98. The molecule has 3 aliphatic rings. The summed E-state index contributed by atoms with van der Waals surface area (Å²) in [6.07, 6.45) is 2.41. The summed E-state index contributed by atoms with van der Waals surface area (Å²) in [5, 5.41) is 0.639. The van der Waals surface area contributed by atoms with Gasteiger partial charge in [-0.25, -0.2) is 0 Å². The molecule has 0 fully saturated rings. The lowest BCUT2D eigenvalue weighted by atomic mass is 9.63. The summed E-state index contributed by atoms with van der Waals surface area (Å²) in [7, 11) is 3.29. The van der Waals surface area contributed by atoms with Crippen LogP contribution in [-0.4, -0.2) is 43.8 Å². The van der Waals surface area contributed by atoms with Crippen molar-refractivity contribution in [3.63, 3.8) is 0 Å². The summed E-state index contributed by atoms with van der Waals surface area (Å²) in [5.74, 6) is 0.881. The highest BCUT2D eigenvalue weighted by Gasteiger charge is 2.49. The van der Waals surface area contributed by atoms with Crippen LogP contribution in [0.4, 0.5) is 0 Å². The van der Waals surface area contributed by atoms with E-state index in [2.05, 4.69) is 32.6 Å². The fourth-order valence-corrected chi connectivity index (χ4v) is 6.78. The van der Waals surface area contributed by atoms with E-state index in [-0.39, 0.29) is 22.4 Å². The van der Waals surface area contributed by atoms with Gasteiger partial charge in [-0.2, -0.15) is 0 Å². The number of carbonyl (C=O) groups excluding carboxylic acids is 2. The van der Waals surface area contributed by atoms with Gasteiger partial charge in [0.15, 0.2) is 23.1 Å². The monoisotopic (exact) mass is 577 g/mol. The summed E-state index contributed by atoms with van der Waals surface area (Å²) in [6, 6.07) is 13.3. The van der Waals surface area contributed by atoms with Crippen LogP contribution in [0.5, 0.6) is 11.5 Å². The second-order valence-electron chi connectivity index (χ2n) is 13.0. The Bertz CT molecular complexity index is 1380. The van der Waals surface area contributed by atoms with Gasteiger partial charge in [0.2, 0.25) is 0 Å². The van der Waals surface area contributed by atoms with E-state index in [1.807, 2.05) is 42.5 Å². The molecule has 0 amide bonds. The van der Waals surface area contributed by atoms with Crippen molar-refractivity contribution in [2.45, 2.75) is 65.9 Å². The van der Waals surface area contributed by atoms with Gasteiger partial charge in [0, 0.05) is 65.5 Å². The molecule has 1 heterocycles. The van der Waals surface area contributed by atoms with Crippen molar-refractivity contribution in [2.24, 2.45) is 10.8 Å². The Morgan fingerprint density at radius 1 is 0.854 bits per heavy atom. The van der Waals surface area contributed by atoms with Crippen LogP contribution in [0.25, 0.3) is 0 Å². The van der Waals surface area contributed by atoms with Gasteiger partial charge in [-0.1, -0.05) is 63.6 Å². The van der Waals surface area contributed by atoms with E-state index in [1.54, 1.807) is 14.2 Å². The number of allylic oxidation sites excluding steroid dienone is 4. The van der Waals surface area contributed by atoms with Crippen LogP contribution < -0.4 is 9.47 Å². The van der Waals surface area contributed by atoms with Gasteiger partial charge in [0.25, 0.3) is 0 Å². The average molecular weight is 578 g/mol. The largest absolute Gasteiger partial charge is 0.493 e. The second-order valence-corrected chi connectivity index (χ2v) is 13.4. The summed E-state index contributed by atoms with van der Waals surface area (Å²) in [4.78, 5) is 30.1. The van der Waals surface area contributed by atoms with Crippen LogP contribution in [0, 0.1) is 10.8 Å². The predicted octanol–water partition coefficient (Wildman–Crippen LogP) is 7.26. The van der Waals surface area contributed by atoms with Gasteiger partial charge in [0.1, 0.15) is 6.61 Å². The maximum Gasteiger partial charge on any atom is 0.162 e. The molecule has 0 spiro atoms. The van der Waals surface area contributed by atoms with Crippen molar-refractivity contribution in [1.29, 1.82) is 0 Å². The third-order valence-corrected chi connectivity index (χ3v) is 8.77. The smallest absolute Gasteiger partial charge is 0.162 e. The lowest BCUT2D eigenvalue weighted by molar-refractivity contribution is -0.119. The molecule has 0 saturated carbocycles. The molecule has 0 atom stereocenters. The SMILES string of the molecule is COCCN1C2=C(C(=O)CC(C)(C)C2)C(c2ccc(OCc3ccccc3Cl)c(OC)c2)C2=C1CC(C)(C)CC2=O. The van der Waals surface area contributed by atoms with Crippen molar-refractivity contribution in [2.75, 3.05) is 27.4 Å². The number of hydrogen-bond acceptors (Lipinski definition) is 6. The number of ketones is 2. The molecule has 2 aromatic rings. The number of nitrogens with zero attached hydrogens (tertiary/aromatic N) is 1. The topological polar surface area (TPSA) is 65.1 Å². The first-order valence-corrected chi connectivity index (χ1v) is 14.7. The highest BCUT2D eigenvalue weighted by atomic mass is 35.5. The quantitative estimate of drug-likeness (QED) is 0.329. The van der Waals surface area contributed by atoms with E-state index >= 15 is 0 Å². The van der Waals surface area contributed by atoms with Crippen LogP contribution in [0.15, 0.2) is 65.0 Å². The molecule has 6 nitrogen and oxygen atoms in total.